The number of fused-ring (bicyclic) bond motifs is 1. The average molecular weight is 552 g/mol. The van der Waals surface area contributed by atoms with Gasteiger partial charge in [-0.3, -0.25) is 4.72 Å². The number of ether oxygens (including phenoxy) is 1. The van der Waals surface area contributed by atoms with Crippen molar-refractivity contribution in [1.82, 2.24) is 19.9 Å². The molecule has 1 atom stereocenters. The zero-order valence-corrected chi connectivity index (χ0v) is 23.0. The molecule has 0 radical (unpaired) electrons. The summed E-state index contributed by atoms with van der Waals surface area (Å²) in [6, 6.07) is 18.2. The Kier molecular flexibility index (Phi) is 8.63. The summed E-state index contributed by atoms with van der Waals surface area (Å²) in [6.45, 7) is 6.81. The second-order valence-corrected chi connectivity index (χ2v) is 11.4. The number of hydrogen-bond acceptors (Lipinski definition) is 8. The number of hydrogen-bond donors (Lipinski definition) is 3. The number of aliphatic hydroxyl groups is 1. The maximum atomic E-state index is 12.8. The number of nitrogens with one attached hydrogen (secondary N) is 2. The number of pyridine rings is 1. The zero-order valence-electron chi connectivity index (χ0n) is 22.2. The van der Waals surface area contributed by atoms with Crippen molar-refractivity contribution in [3.05, 3.63) is 84.3 Å². The highest BCUT2D eigenvalue weighted by Gasteiger charge is 2.23. The third-order valence-corrected chi connectivity index (χ3v) is 7.70. The van der Waals surface area contributed by atoms with Gasteiger partial charge in [-0.25, -0.2) is 23.2 Å². The Balaban J connectivity index is 1.40. The zero-order chi connectivity index (χ0) is 28.0. The van der Waals surface area contributed by atoms with E-state index in [2.05, 4.69) is 20.0 Å². The van der Waals surface area contributed by atoms with Crippen LogP contribution in [-0.4, -0.2) is 52.7 Å². The van der Waals surface area contributed by atoms with Gasteiger partial charge in [0, 0.05) is 24.2 Å². The number of para-hydroxylation sites is 1. The number of rotatable bonds is 12. The third kappa shape index (κ3) is 6.99. The Morgan fingerprint density at radius 2 is 1.79 bits per heavy atom. The van der Waals surface area contributed by atoms with Gasteiger partial charge >= 0.3 is 5.97 Å². The van der Waals surface area contributed by atoms with Crippen LogP contribution in [0.25, 0.3) is 11.2 Å². The Morgan fingerprint density at radius 3 is 2.54 bits per heavy atom. The molecule has 10 nitrogen and oxygen atoms in total. The van der Waals surface area contributed by atoms with Gasteiger partial charge in [0.05, 0.1) is 29.6 Å². The van der Waals surface area contributed by atoms with Crippen LogP contribution in [0.2, 0.25) is 0 Å². The molecular weight excluding hydrogens is 518 g/mol. The fourth-order valence-electron chi connectivity index (χ4n) is 4.08. The van der Waals surface area contributed by atoms with Crippen molar-refractivity contribution in [3.8, 4) is 0 Å². The molecule has 4 aromatic rings. The van der Waals surface area contributed by atoms with Crippen LogP contribution in [0.5, 0.6) is 0 Å². The quantitative estimate of drug-likeness (QED) is 0.226. The van der Waals surface area contributed by atoms with Crippen LogP contribution in [-0.2, 0) is 21.3 Å². The summed E-state index contributed by atoms with van der Waals surface area (Å²) in [5, 5.41) is 14.4. The molecule has 39 heavy (non-hydrogen) atoms. The number of nitrogens with zero attached hydrogens (tertiary/aromatic N) is 3. The minimum atomic E-state index is -3.80. The van der Waals surface area contributed by atoms with Gasteiger partial charge in [0.1, 0.15) is 5.52 Å². The molecule has 0 spiro atoms. The van der Waals surface area contributed by atoms with Crippen LogP contribution in [0.15, 0.2) is 78.0 Å². The predicted octanol–water partition coefficient (Wildman–Crippen LogP) is 3.90. The number of β-amino-alcohol motifs (C(OH)–C–C–N with tert-alkyl or cyclic N) is 1. The number of aromatic nitrogens is 3. The lowest BCUT2D eigenvalue weighted by Crippen LogP contribution is -2.42. The number of benzene rings is 2. The number of imidazole rings is 1. The molecule has 0 aliphatic heterocycles. The van der Waals surface area contributed by atoms with Crippen LogP contribution in [0.4, 0.5) is 5.69 Å². The minimum absolute atomic E-state index is 0.143. The number of anilines is 1. The van der Waals surface area contributed by atoms with E-state index in [1.165, 1.54) is 12.1 Å². The lowest BCUT2D eigenvalue weighted by atomic mass is 9.99. The van der Waals surface area contributed by atoms with Crippen molar-refractivity contribution in [2.75, 3.05) is 17.9 Å². The van der Waals surface area contributed by atoms with Crippen molar-refractivity contribution in [2.24, 2.45) is 0 Å². The predicted molar refractivity (Wildman–Crippen MR) is 149 cm³/mol. The van der Waals surface area contributed by atoms with Gasteiger partial charge < -0.3 is 19.7 Å². The molecule has 2 aromatic carbocycles. The Morgan fingerprint density at radius 1 is 1.08 bits per heavy atom. The first-order valence-electron chi connectivity index (χ1n) is 12.7. The molecular formula is C28H33N5O5S. The molecule has 4 rings (SSSR count). The van der Waals surface area contributed by atoms with E-state index in [0.717, 1.165) is 0 Å². The maximum absolute atomic E-state index is 12.8. The van der Waals surface area contributed by atoms with E-state index in [1.54, 1.807) is 67.8 Å². The summed E-state index contributed by atoms with van der Waals surface area (Å²) in [4.78, 5) is 21.0. The largest absolute Gasteiger partial charge is 0.461 e. The molecule has 0 bridgehead atoms. The van der Waals surface area contributed by atoms with Gasteiger partial charge in [-0.05, 0) is 57.5 Å². The van der Waals surface area contributed by atoms with E-state index in [1.807, 2.05) is 18.4 Å². The molecule has 0 saturated heterocycles. The molecule has 0 amide bonds. The van der Waals surface area contributed by atoms with Gasteiger partial charge in [0.2, 0.25) is 0 Å². The Labute approximate surface area is 228 Å². The number of carbonyl (C=O) groups excluding carboxylic acids is 1. The van der Waals surface area contributed by atoms with Crippen LogP contribution in [0.1, 0.15) is 49.3 Å². The first-order valence-corrected chi connectivity index (χ1v) is 14.2. The van der Waals surface area contributed by atoms with Gasteiger partial charge in [-0.1, -0.05) is 36.4 Å². The summed E-state index contributed by atoms with van der Waals surface area (Å²) < 4.78 is 35.2. The molecule has 3 N–H and O–H groups in total. The molecule has 0 saturated carbocycles. The molecule has 11 heteroatoms. The highest BCUT2D eigenvalue weighted by molar-refractivity contribution is 7.92. The monoisotopic (exact) mass is 551 g/mol. The highest BCUT2D eigenvalue weighted by Crippen LogP contribution is 2.26. The van der Waals surface area contributed by atoms with Crippen molar-refractivity contribution >= 4 is 32.8 Å². The third-order valence-electron chi connectivity index (χ3n) is 6.32. The fraction of sp³-hybridized carbons (Fsp3) is 0.321. The van der Waals surface area contributed by atoms with E-state index in [4.69, 9.17) is 4.74 Å². The lowest BCUT2D eigenvalue weighted by Gasteiger charge is -2.28. The van der Waals surface area contributed by atoms with E-state index in [9.17, 15) is 18.3 Å². The van der Waals surface area contributed by atoms with E-state index >= 15 is 0 Å². The molecule has 0 aliphatic rings. The van der Waals surface area contributed by atoms with Crippen LogP contribution < -0.4 is 10.0 Å². The maximum Gasteiger partial charge on any atom is 0.357 e. The number of esters is 1. The van der Waals surface area contributed by atoms with Gasteiger partial charge in [0.15, 0.2) is 11.3 Å². The normalized spacial score (nSPS) is 12.8. The van der Waals surface area contributed by atoms with Gasteiger partial charge in [-0.2, -0.15) is 0 Å². The fourth-order valence-corrected chi connectivity index (χ4v) is 5.19. The van der Waals surface area contributed by atoms with E-state index in [-0.39, 0.29) is 23.7 Å². The lowest BCUT2D eigenvalue weighted by molar-refractivity contribution is 0.0520. The Bertz CT molecular complexity index is 1540. The summed E-state index contributed by atoms with van der Waals surface area (Å²) in [5.74, 6) is -0.477. The summed E-state index contributed by atoms with van der Waals surface area (Å²) >= 11 is 0. The van der Waals surface area contributed by atoms with Gasteiger partial charge in [-0.15, -0.1) is 0 Å². The standard InChI is InChI=1S/C28H33N5O5S/c1-4-38-27(35)24-15-14-23-26(31-24)33(19-29-23)17-16-28(2,3)30-18-25(34)21-12-8-9-13-22(21)32-39(36,37)20-10-6-5-7-11-20/h5-15,19,25,30,32,34H,4,16-18H2,1-3H3. The average Bonchev–Trinajstić information content (AvgIpc) is 3.34. The minimum Gasteiger partial charge on any atom is -0.461 e. The smallest absolute Gasteiger partial charge is 0.357 e. The summed E-state index contributed by atoms with van der Waals surface area (Å²) in [5.41, 5.74) is 1.90. The highest BCUT2D eigenvalue weighted by atomic mass is 32.2. The first-order chi connectivity index (χ1) is 18.6. The van der Waals surface area contributed by atoms with Crippen molar-refractivity contribution < 1.29 is 23.1 Å². The van der Waals surface area contributed by atoms with E-state index < -0.39 is 27.6 Å². The van der Waals surface area contributed by atoms with Crippen molar-refractivity contribution in [3.63, 3.8) is 0 Å². The summed E-state index contributed by atoms with van der Waals surface area (Å²) in [6.07, 6.45) is 1.40. The van der Waals surface area contributed by atoms with Crippen LogP contribution in [0.3, 0.4) is 0 Å². The van der Waals surface area contributed by atoms with Crippen molar-refractivity contribution in [1.29, 1.82) is 0 Å². The number of aliphatic hydroxyl groups excluding tert-OH is 1. The molecule has 0 fully saturated rings. The van der Waals surface area contributed by atoms with Gasteiger partial charge in [0.25, 0.3) is 10.0 Å². The number of carbonyl (C=O) groups is 1. The van der Waals surface area contributed by atoms with Crippen LogP contribution >= 0.6 is 0 Å². The summed E-state index contributed by atoms with van der Waals surface area (Å²) in [7, 11) is -3.80. The van der Waals surface area contributed by atoms with E-state index in [0.29, 0.717) is 35.4 Å². The van der Waals surface area contributed by atoms with Crippen LogP contribution in [0, 0.1) is 0 Å². The number of sulfonamides is 1. The second-order valence-electron chi connectivity index (χ2n) is 9.73. The SMILES string of the molecule is CCOC(=O)c1ccc2ncn(CCC(C)(C)NCC(O)c3ccccc3NS(=O)(=O)c3ccccc3)c2n1. The second kappa shape index (κ2) is 11.9. The molecule has 206 valence electrons. The molecule has 1 unspecified atom stereocenters. The number of aryl methyl sites for hydroxylation is 1. The topological polar surface area (TPSA) is 135 Å². The first kappa shape index (κ1) is 28.2. The van der Waals surface area contributed by atoms with Crippen molar-refractivity contribution in [2.45, 2.75) is 50.3 Å². The Hall–Kier alpha value is -3.80. The molecule has 2 aromatic heterocycles. The molecule has 0 aliphatic carbocycles. The molecule has 2 heterocycles.